The molecule has 0 spiro atoms. The fourth-order valence-electron chi connectivity index (χ4n) is 5.46. The van der Waals surface area contributed by atoms with E-state index in [0.29, 0.717) is 22.5 Å². The standard InChI is InChI=1S/C31H22N6O8/c1-14-16(5-3-7-18(14)36(20-10-24(38)32-28(20)42)21-11-25(39)33-29(21)43)9-17-6-4-8-19(15(17)2)37(22-12-26(40)34-30(22)44)23-13-27(41)35-31(23)45/h3-8,10-13H,9H2,1-2H3,(H,32,38,42)(H,33,39,43)(H,34,40,44)(H,35,41,45). The fraction of sp³-hybridized carbons (Fsp3) is 0.0968. The summed E-state index contributed by atoms with van der Waals surface area (Å²) in [5.74, 6) is -5.65. The van der Waals surface area contributed by atoms with Crippen molar-refractivity contribution in [2.75, 3.05) is 9.80 Å². The van der Waals surface area contributed by atoms with Crippen LogP contribution in [0.5, 0.6) is 0 Å². The monoisotopic (exact) mass is 606 g/mol. The third kappa shape index (κ3) is 4.99. The van der Waals surface area contributed by atoms with Crippen molar-refractivity contribution in [3.05, 3.63) is 106 Å². The van der Waals surface area contributed by atoms with Gasteiger partial charge in [0.2, 0.25) is 0 Å². The van der Waals surface area contributed by atoms with Crippen molar-refractivity contribution in [3.63, 3.8) is 0 Å². The largest absolute Gasteiger partial charge is 0.300 e. The topological polar surface area (TPSA) is 191 Å². The van der Waals surface area contributed by atoms with Crippen LogP contribution in [-0.2, 0) is 44.8 Å². The minimum Gasteiger partial charge on any atom is -0.300 e. The van der Waals surface area contributed by atoms with Crippen LogP contribution in [0.4, 0.5) is 11.4 Å². The molecule has 2 aromatic carbocycles. The summed E-state index contributed by atoms with van der Waals surface area (Å²) < 4.78 is 0. The molecule has 0 radical (unpaired) electrons. The second-order valence-electron chi connectivity index (χ2n) is 10.4. The third-order valence-electron chi connectivity index (χ3n) is 7.61. The molecule has 14 heteroatoms. The van der Waals surface area contributed by atoms with Crippen molar-refractivity contribution in [1.29, 1.82) is 0 Å². The zero-order valence-electron chi connectivity index (χ0n) is 23.6. The van der Waals surface area contributed by atoms with Crippen LogP contribution in [0.25, 0.3) is 0 Å². The number of amides is 8. The average molecular weight is 607 g/mol. The molecule has 4 aliphatic rings. The van der Waals surface area contributed by atoms with Gasteiger partial charge < -0.3 is 0 Å². The van der Waals surface area contributed by atoms with Crippen LogP contribution < -0.4 is 31.1 Å². The lowest BCUT2D eigenvalue weighted by molar-refractivity contribution is -0.125. The van der Waals surface area contributed by atoms with Gasteiger partial charge in [-0.05, 0) is 54.7 Å². The van der Waals surface area contributed by atoms with Gasteiger partial charge in [0.15, 0.2) is 0 Å². The summed E-state index contributed by atoms with van der Waals surface area (Å²) >= 11 is 0. The van der Waals surface area contributed by atoms with Crippen LogP contribution in [0.3, 0.4) is 0 Å². The van der Waals surface area contributed by atoms with Crippen molar-refractivity contribution in [1.82, 2.24) is 21.3 Å². The molecular weight excluding hydrogens is 584 g/mol. The van der Waals surface area contributed by atoms with Gasteiger partial charge >= 0.3 is 0 Å². The lowest BCUT2D eigenvalue weighted by Gasteiger charge is -2.28. The van der Waals surface area contributed by atoms with Gasteiger partial charge in [0, 0.05) is 35.7 Å². The molecule has 4 heterocycles. The van der Waals surface area contributed by atoms with Crippen LogP contribution in [-0.4, -0.2) is 47.3 Å². The summed E-state index contributed by atoms with van der Waals surface area (Å²) in [5, 5.41) is 8.62. The molecule has 0 saturated carbocycles. The normalized spacial score (nSPS) is 17.5. The highest BCUT2D eigenvalue weighted by Gasteiger charge is 2.37. The molecule has 0 bridgehead atoms. The second kappa shape index (κ2) is 10.7. The SMILES string of the molecule is Cc1c(Cc2cccc(N(C3=CC(=O)NC3=O)C3=CC(=O)NC3=O)c2C)cccc1N(C1=CC(=O)NC1=O)C1=CC(=O)NC1=O. The van der Waals surface area contributed by atoms with Crippen molar-refractivity contribution in [2.45, 2.75) is 20.3 Å². The Morgan fingerprint density at radius 2 is 0.756 bits per heavy atom. The van der Waals surface area contributed by atoms with Crippen LogP contribution in [0, 0.1) is 13.8 Å². The highest BCUT2D eigenvalue weighted by Crippen LogP contribution is 2.36. The molecule has 45 heavy (non-hydrogen) atoms. The molecule has 0 fully saturated rings. The molecule has 4 aliphatic heterocycles. The Hall–Kier alpha value is -6.44. The maximum absolute atomic E-state index is 12.7. The van der Waals surface area contributed by atoms with E-state index in [2.05, 4.69) is 21.3 Å². The van der Waals surface area contributed by atoms with E-state index < -0.39 is 47.3 Å². The van der Waals surface area contributed by atoms with Gasteiger partial charge in [-0.2, -0.15) is 0 Å². The van der Waals surface area contributed by atoms with Crippen LogP contribution in [0.1, 0.15) is 22.3 Å². The Morgan fingerprint density at radius 1 is 0.467 bits per heavy atom. The molecule has 14 nitrogen and oxygen atoms in total. The van der Waals surface area contributed by atoms with E-state index in [0.717, 1.165) is 35.4 Å². The van der Waals surface area contributed by atoms with Crippen molar-refractivity contribution in [2.24, 2.45) is 0 Å². The first kappa shape index (κ1) is 28.7. The summed E-state index contributed by atoms with van der Waals surface area (Å²) in [6.07, 6.45) is 4.47. The molecule has 6 rings (SSSR count). The molecule has 224 valence electrons. The Morgan fingerprint density at radius 3 is 1.00 bits per heavy atom. The summed E-state index contributed by atoms with van der Waals surface area (Å²) in [6, 6.07) is 10.3. The van der Waals surface area contributed by atoms with Crippen LogP contribution in [0.2, 0.25) is 0 Å². The quantitative estimate of drug-likeness (QED) is 0.289. The van der Waals surface area contributed by atoms with Gasteiger partial charge in [0.05, 0.1) is 0 Å². The van der Waals surface area contributed by atoms with Gasteiger partial charge in [0.1, 0.15) is 22.8 Å². The molecule has 0 atom stereocenters. The lowest BCUT2D eigenvalue weighted by atomic mass is 9.94. The predicted molar refractivity (Wildman–Crippen MR) is 155 cm³/mol. The number of rotatable bonds is 8. The molecule has 4 N–H and O–H groups in total. The average Bonchev–Trinajstić information content (AvgIpc) is 3.69. The Kier molecular flexibility index (Phi) is 6.80. The highest BCUT2D eigenvalue weighted by molar-refractivity contribution is 6.24. The molecule has 0 unspecified atom stereocenters. The number of benzene rings is 2. The van der Waals surface area contributed by atoms with Gasteiger partial charge in [-0.25, -0.2) is 0 Å². The molecular formula is C31H22N6O8. The first-order valence-corrected chi connectivity index (χ1v) is 13.5. The van der Waals surface area contributed by atoms with E-state index in [-0.39, 0.29) is 29.2 Å². The maximum Gasteiger partial charge on any atom is 0.275 e. The second-order valence-corrected chi connectivity index (χ2v) is 10.4. The van der Waals surface area contributed by atoms with E-state index in [1.165, 1.54) is 9.80 Å². The van der Waals surface area contributed by atoms with Gasteiger partial charge in [-0.3, -0.25) is 69.4 Å². The minimum atomic E-state index is -0.742. The van der Waals surface area contributed by atoms with Crippen molar-refractivity contribution >= 4 is 58.6 Å². The van der Waals surface area contributed by atoms with E-state index in [9.17, 15) is 38.4 Å². The molecule has 0 aliphatic carbocycles. The summed E-state index contributed by atoms with van der Waals surface area (Å²) in [4.78, 5) is 101. The summed E-state index contributed by atoms with van der Waals surface area (Å²) in [6.45, 7) is 3.51. The zero-order valence-corrected chi connectivity index (χ0v) is 23.6. The zero-order chi connectivity index (χ0) is 32.2. The molecule has 2 aromatic rings. The number of hydrogen-bond acceptors (Lipinski definition) is 10. The number of nitrogens with zero attached hydrogens (tertiary/aromatic N) is 2. The van der Waals surface area contributed by atoms with Gasteiger partial charge in [-0.15, -0.1) is 0 Å². The van der Waals surface area contributed by atoms with E-state index in [1.807, 2.05) is 12.1 Å². The summed E-state index contributed by atoms with van der Waals surface area (Å²) in [5.41, 5.74) is 2.89. The smallest absolute Gasteiger partial charge is 0.275 e. The van der Waals surface area contributed by atoms with Crippen molar-refractivity contribution < 1.29 is 38.4 Å². The number of hydrogen-bond donors (Lipinski definition) is 4. The molecule has 8 amide bonds. The number of carbonyl (C=O) groups excluding carboxylic acids is 8. The fourth-order valence-corrected chi connectivity index (χ4v) is 5.46. The predicted octanol–water partition coefficient (Wildman–Crippen LogP) is -0.332. The van der Waals surface area contributed by atoms with E-state index >= 15 is 0 Å². The minimum absolute atomic E-state index is 0.138. The third-order valence-corrected chi connectivity index (χ3v) is 7.61. The van der Waals surface area contributed by atoms with E-state index in [4.69, 9.17) is 0 Å². The van der Waals surface area contributed by atoms with Gasteiger partial charge in [0.25, 0.3) is 47.3 Å². The van der Waals surface area contributed by atoms with Crippen molar-refractivity contribution in [3.8, 4) is 0 Å². The van der Waals surface area contributed by atoms with Crippen LogP contribution in [0.15, 0.2) is 83.5 Å². The highest BCUT2D eigenvalue weighted by atomic mass is 16.2. The summed E-state index contributed by atoms with van der Waals surface area (Å²) in [7, 11) is 0. The number of carbonyl (C=O) groups is 8. The molecule has 0 aromatic heterocycles. The number of nitrogens with one attached hydrogen (secondary N) is 4. The number of imide groups is 4. The maximum atomic E-state index is 12.7. The number of anilines is 2. The molecule has 0 saturated heterocycles. The first-order valence-electron chi connectivity index (χ1n) is 13.5. The first-order chi connectivity index (χ1) is 21.4. The van der Waals surface area contributed by atoms with E-state index in [1.54, 1.807) is 38.1 Å². The van der Waals surface area contributed by atoms with Crippen LogP contribution >= 0.6 is 0 Å². The Balaban J connectivity index is 1.43. The Bertz CT molecular complexity index is 1740. The van der Waals surface area contributed by atoms with Gasteiger partial charge in [-0.1, -0.05) is 24.3 Å². The Labute approximate surface area is 254 Å². The lowest BCUT2D eigenvalue weighted by Crippen LogP contribution is -2.35.